The molecule has 45 heavy (non-hydrogen) atoms. The first-order chi connectivity index (χ1) is 22.1. The van der Waals surface area contributed by atoms with Gasteiger partial charge in [-0.25, -0.2) is 14.6 Å². The number of hydrogen-bond donors (Lipinski definition) is 1. The average Bonchev–Trinajstić information content (AvgIpc) is 3.71. The van der Waals surface area contributed by atoms with Gasteiger partial charge in [0.05, 0.1) is 50.2 Å². The van der Waals surface area contributed by atoms with E-state index in [4.69, 9.17) is 35.6 Å². The van der Waals surface area contributed by atoms with Gasteiger partial charge in [0.15, 0.2) is 0 Å². The Morgan fingerprint density at radius 2 is 1.80 bits per heavy atom. The summed E-state index contributed by atoms with van der Waals surface area (Å²) in [5.41, 5.74) is 2.44. The maximum atomic E-state index is 6.44. The lowest BCUT2D eigenvalue weighted by Gasteiger charge is -2.38. The van der Waals surface area contributed by atoms with Gasteiger partial charge in [-0.1, -0.05) is 17.7 Å². The third kappa shape index (κ3) is 7.19. The number of rotatable bonds is 11. The van der Waals surface area contributed by atoms with Crippen molar-refractivity contribution < 1.29 is 18.9 Å². The highest BCUT2D eigenvalue weighted by Gasteiger charge is 2.30. The van der Waals surface area contributed by atoms with Crippen LogP contribution >= 0.6 is 11.6 Å². The van der Waals surface area contributed by atoms with E-state index in [0.717, 1.165) is 68.8 Å². The van der Waals surface area contributed by atoms with Crippen molar-refractivity contribution in [2.45, 2.75) is 63.4 Å². The molecular formula is C30H37ClN10O4. The maximum absolute atomic E-state index is 6.44. The van der Waals surface area contributed by atoms with Gasteiger partial charge in [-0.15, -0.1) is 10.2 Å². The third-order valence-corrected chi connectivity index (χ3v) is 8.83. The van der Waals surface area contributed by atoms with Gasteiger partial charge in [-0.2, -0.15) is 0 Å². The monoisotopic (exact) mass is 636 g/mol. The summed E-state index contributed by atoms with van der Waals surface area (Å²) in [5, 5.41) is 19.9. The van der Waals surface area contributed by atoms with E-state index in [0.29, 0.717) is 54.4 Å². The van der Waals surface area contributed by atoms with Crippen LogP contribution in [0.5, 0.6) is 11.6 Å². The van der Waals surface area contributed by atoms with Crippen molar-refractivity contribution in [3.63, 3.8) is 0 Å². The van der Waals surface area contributed by atoms with Crippen LogP contribution < -0.4 is 14.8 Å². The molecule has 7 rings (SSSR count). The second-order valence-electron chi connectivity index (χ2n) is 11.7. The van der Waals surface area contributed by atoms with Crippen molar-refractivity contribution >= 4 is 23.2 Å². The Bertz CT molecular complexity index is 1530. The molecule has 1 atom stereocenters. The van der Waals surface area contributed by atoms with Crippen LogP contribution in [-0.2, 0) is 16.0 Å². The predicted octanol–water partition coefficient (Wildman–Crippen LogP) is 3.78. The molecule has 3 fully saturated rings. The molecular weight excluding hydrogens is 600 g/mol. The van der Waals surface area contributed by atoms with Crippen LogP contribution in [0, 0.1) is 0 Å². The summed E-state index contributed by atoms with van der Waals surface area (Å²) in [6.07, 6.45) is 11.3. The van der Waals surface area contributed by atoms with E-state index in [-0.39, 0.29) is 12.2 Å². The smallest absolute Gasteiger partial charge is 0.257 e. The summed E-state index contributed by atoms with van der Waals surface area (Å²) in [4.78, 5) is 11.8. The van der Waals surface area contributed by atoms with Gasteiger partial charge in [-0.05, 0) is 60.7 Å². The Hall–Kier alpha value is -3.85. The molecule has 3 aliphatic rings. The number of ether oxygens (including phenoxy) is 4. The summed E-state index contributed by atoms with van der Waals surface area (Å²) < 4.78 is 26.8. The van der Waals surface area contributed by atoms with Crippen molar-refractivity contribution in [1.82, 2.24) is 44.9 Å². The molecule has 5 heterocycles. The van der Waals surface area contributed by atoms with Crippen LogP contribution in [0.2, 0.25) is 5.02 Å². The van der Waals surface area contributed by atoms with Crippen molar-refractivity contribution in [3.8, 4) is 22.8 Å². The number of benzene rings is 1. The average molecular weight is 637 g/mol. The van der Waals surface area contributed by atoms with Crippen LogP contribution in [0.25, 0.3) is 11.1 Å². The molecule has 1 unspecified atom stereocenters. The van der Waals surface area contributed by atoms with Gasteiger partial charge in [-0.3, -0.25) is 9.58 Å². The van der Waals surface area contributed by atoms with E-state index in [2.05, 4.69) is 40.4 Å². The number of halogens is 1. The van der Waals surface area contributed by atoms with Gasteiger partial charge in [0.1, 0.15) is 30.0 Å². The molecule has 1 aromatic carbocycles. The number of nitrogens with zero attached hydrogens (tertiary/aromatic N) is 9. The van der Waals surface area contributed by atoms with Gasteiger partial charge in [0, 0.05) is 37.1 Å². The van der Waals surface area contributed by atoms with Gasteiger partial charge in [0.25, 0.3) is 5.88 Å². The minimum Gasteiger partial charge on any atom is -0.487 e. The zero-order valence-electron chi connectivity index (χ0n) is 25.2. The SMILES string of the molecule is CC(Cn1cnnn1)Oc1cc(-c2cnc(Nc3cn(C4CCC(N5CCOCC5)CC4)nc3OC3COC3)nc2)ccc1Cl. The Morgan fingerprint density at radius 3 is 2.51 bits per heavy atom. The van der Waals surface area contributed by atoms with E-state index < -0.39 is 0 Å². The zero-order valence-corrected chi connectivity index (χ0v) is 25.9. The Labute approximate surface area is 266 Å². The highest BCUT2D eigenvalue weighted by molar-refractivity contribution is 6.32. The van der Waals surface area contributed by atoms with E-state index in [1.54, 1.807) is 29.5 Å². The summed E-state index contributed by atoms with van der Waals surface area (Å²) in [7, 11) is 0. The quantitative estimate of drug-likeness (QED) is 0.256. The number of nitrogens with one attached hydrogen (secondary N) is 1. The number of aromatic nitrogens is 8. The lowest BCUT2D eigenvalue weighted by Crippen LogP contribution is -2.45. The second-order valence-corrected chi connectivity index (χ2v) is 12.1. The molecule has 0 radical (unpaired) electrons. The number of tetrazole rings is 1. The first-order valence-electron chi connectivity index (χ1n) is 15.5. The molecule has 0 spiro atoms. The molecule has 2 aliphatic heterocycles. The first kappa shape index (κ1) is 29.8. The lowest BCUT2D eigenvalue weighted by atomic mass is 9.90. The van der Waals surface area contributed by atoms with Crippen LogP contribution in [-0.4, -0.2) is 103 Å². The Morgan fingerprint density at radius 1 is 1.02 bits per heavy atom. The van der Waals surface area contributed by atoms with Gasteiger partial charge >= 0.3 is 0 Å². The summed E-state index contributed by atoms with van der Waals surface area (Å²) in [6.45, 7) is 7.27. The summed E-state index contributed by atoms with van der Waals surface area (Å²) >= 11 is 6.44. The maximum Gasteiger partial charge on any atom is 0.257 e. The van der Waals surface area contributed by atoms with E-state index in [1.807, 2.05) is 25.3 Å². The standard InChI is InChI=1S/C30H37ClN10O4/c1-20(15-40-19-34-37-38-40)44-28-12-21(2-7-26(28)31)22-13-32-30(33-14-22)35-27-16-41(36-29(27)45-25-17-43-18-25)24-5-3-23(4-6-24)39-8-10-42-11-9-39/h2,7,12-14,16,19-20,23-25H,3-6,8-11,15,17-18H2,1H3,(H,32,33,35). The minimum absolute atomic E-state index is 0.00818. The van der Waals surface area contributed by atoms with Crippen LogP contribution in [0.15, 0.2) is 43.1 Å². The van der Waals surface area contributed by atoms with E-state index in [9.17, 15) is 0 Å². The molecule has 4 aromatic rings. The van der Waals surface area contributed by atoms with Crippen molar-refractivity contribution in [1.29, 1.82) is 0 Å². The van der Waals surface area contributed by atoms with Crippen molar-refractivity contribution in [2.24, 2.45) is 0 Å². The normalized spacial score (nSPS) is 21.6. The fraction of sp³-hybridized carbons (Fsp3) is 0.533. The molecule has 1 N–H and O–H groups in total. The molecule has 0 amide bonds. The summed E-state index contributed by atoms with van der Waals surface area (Å²) in [6, 6.07) is 6.54. The van der Waals surface area contributed by atoms with Gasteiger partial charge < -0.3 is 24.3 Å². The molecule has 2 saturated heterocycles. The highest BCUT2D eigenvalue weighted by atomic mass is 35.5. The molecule has 15 heteroatoms. The fourth-order valence-electron chi connectivity index (χ4n) is 6.02. The highest BCUT2D eigenvalue weighted by Crippen LogP contribution is 2.36. The van der Waals surface area contributed by atoms with Crippen LogP contribution in [0.1, 0.15) is 38.6 Å². The molecule has 14 nitrogen and oxygen atoms in total. The molecule has 238 valence electrons. The largest absolute Gasteiger partial charge is 0.487 e. The number of hydrogen-bond acceptors (Lipinski definition) is 12. The fourth-order valence-corrected chi connectivity index (χ4v) is 6.18. The molecule has 1 aliphatic carbocycles. The van der Waals surface area contributed by atoms with Crippen molar-refractivity contribution in [2.75, 3.05) is 44.8 Å². The van der Waals surface area contributed by atoms with Crippen LogP contribution in [0.3, 0.4) is 0 Å². The summed E-state index contributed by atoms with van der Waals surface area (Å²) in [5.74, 6) is 1.55. The Balaban J connectivity index is 1.02. The van der Waals surface area contributed by atoms with E-state index in [1.165, 1.54) is 0 Å². The van der Waals surface area contributed by atoms with Crippen LogP contribution in [0.4, 0.5) is 11.6 Å². The second kappa shape index (κ2) is 13.6. The molecule has 0 bridgehead atoms. The topological polar surface area (TPSA) is 139 Å². The lowest BCUT2D eigenvalue weighted by molar-refractivity contribution is -0.0813. The molecule has 3 aromatic heterocycles. The number of morpholine rings is 1. The van der Waals surface area contributed by atoms with Gasteiger partial charge in [0.2, 0.25) is 5.95 Å². The first-order valence-corrected chi connectivity index (χ1v) is 15.9. The van der Waals surface area contributed by atoms with Crippen molar-refractivity contribution in [3.05, 3.63) is 48.1 Å². The molecule has 1 saturated carbocycles. The van der Waals surface area contributed by atoms with E-state index >= 15 is 0 Å². The number of anilines is 2. The third-order valence-electron chi connectivity index (χ3n) is 8.51. The zero-order chi connectivity index (χ0) is 30.6. The predicted molar refractivity (Wildman–Crippen MR) is 165 cm³/mol. The Kier molecular flexibility index (Phi) is 9.05. The minimum atomic E-state index is -0.201.